The molecular weight excluding hydrogens is 404 g/mol. The molecule has 0 bridgehead atoms. The van der Waals surface area contributed by atoms with Crippen LogP contribution in [0.5, 0.6) is 11.5 Å². The molecule has 30 heavy (non-hydrogen) atoms. The van der Waals surface area contributed by atoms with Crippen LogP contribution in [0.4, 0.5) is 5.69 Å². The summed E-state index contributed by atoms with van der Waals surface area (Å²) in [4.78, 5) is 12.7. The van der Waals surface area contributed by atoms with Gasteiger partial charge in [-0.2, -0.15) is 0 Å². The molecule has 0 heterocycles. The van der Waals surface area contributed by atoms with Gasteiger partial charge in [-0.15, -0.1) is 0 Å². The van der Waals surface area contributed by atoms with Gasteiger partial charge in [-0.25, -0.2) is 8.42 Å². The number of rotatable bonds is 10. The topological polar surface area (TPSA) is 84.9 Å². The van der Waals surface area contributed by atoms with Crippen LogP contribution in [-0.4, -0.2) is 47.4 Å². The second-order valence-electron chi connectivity index (χ2n) is 7.12. The van der Waals surface area contributed by atoms with Crippen molar-refractivity contribution in [3.8, 4) is 11.5 Å². The largest absolute Gasteiger partial charge is 0.496 e. The highest BCUT2D eigenvalue weighted by Crippen LogP contribution is 2.32. The summed E-state index contributed by atoms with van der Waals surface area (Å²) in [6.07, 6.45) is 2.52. The molecular formula is C22H30N2O5S. The molecule has 1 atom stereocenters. The number of carbonyl (C=O) groups excluding carboxylic acids is 1. The Morgan fingerprint density at radius 3 is 2.40 bits per heavy atom. The second kappa shape index (κ2) is 10.3. The number of para-hydroxylation sites is 1. The Labute approximate surface area is 179 Å². The molecule has 1 N–H and O–H groups in total. The van der Waals surface area contributed by atoms with Gasteiger partial charge in [0.05, 0.1) is 26.2 Å². The lowest BCUT2D eigenvalue weighted by Crippen LogP contribution is -2.48. The smallest absolute Gasteiger partial charge is 0.243 e. The van der Waals surface area contributed by atoms with Gasteiger partial charge in [-0.3, -0.25) is 9.10 Å². The minimum atomic E-state index is -3.72. The fraction of sp³-hybridized carbons (Fsp3) is 0.409. The lowest BCUT2D eigenvalue weighted by atomic mass is 10.1. The van der Waals surface area contributed by atoms with Gasteiger partial charge in [-0.05, 0) is 56.0 Å². The quantitative estimate of drug-likeness (QED) is 0.581. The van der Waals surface area contributed by atoms with E-state index in [0.29, 0.717) is 24.4 Å². The first-order chi connectivity index (χ1) is 14.2. The van der Waals surface area contributed by atoms with Crippen molar-refractivity contribution >= 4 is 21.6 Å². The Bertz CT molecular complexity index is 975. The van der Waals surface area contributed by atoms with Gasteiger partial charge in [0.1, 0.15) is 17.5 Å². The highest BCUT2D eigenvalue weighted by atomic mass is 32.2. The van der Waals surface area contributed by atoms with E-state index in [9.17, 15) is 13.2 Å². The summed E-state index contributed by atoms with van der Waals surface area (Å²) >= 11 is 0. The van der Waals surface area contributed by atoms with Crippen molar-refractivity contribution in [2.45, 2.75) is 32.7 Å². The Morgan fingerprint density at radius 2 is 1.77 bits per heavy atom. The molecule has 0 aromatic heterocycles. The van der Waals surface area contributed by atoms with Crippen LogP contribution < -0.4 is 19.1 Å². The molecule has 7 nitrogen and oxygen atoms in total. The third kappa shape index (κ3) is 5.89. The van der Waals surface area contributed by atoms with Gasteiger partial charge >= 0.3 is 0 Å². The van der Waals surface area contributed by atoms with Crippen molar-refractivity contribution in [1.82, 2.24) is 5.32 Å². The Kier molecular flexibility index (Phi) is 8.11. The van der Waals surface area contributed by atoms with Crippen LogP contribution >= 0.6 is 0 Å². The van der Waals surface area contributed by atoms with Crippen LogP contribution in [0.25, 0.3) is 0 Å². The molecule has 0 aliphatic carbocycles. The Morgan fingerprint density at radius 1 is 1.10 bits per heavy atom. The number of benzene rings is 2. The van der Waals surface area contributed by atoms with E-state index in [4.69, 9.17) is 9.47 Å². The normalized spacial score (nSPS) is 12.2. The van der Waals surface area contributed by atoms with Gasteiger partial charge < -0.3 is 14.8 Å². The Balaban J connectivity index is 2.09. The van der Waals surface area contributed by atoms with E-state index >= 15 is 0 Å². The molecule has 0 spiro atoms. The van der Waals surface area contributed by atoms with Gasteiger partial charge in [0.25, 0.3) is 0 Å². The maximum Gasteiger partial charge on any atom is 0.243 e. The molecule has 2 aromatic carbocycles. The van der Waals surface area contributed by atoms with E-state index in [2.05, 4.69) is 5.32 Å². The van der Waals surface area contributed by atoms with Crippen LogP contribution in [-0.2, 0) is 21.2 Å². The first-order valence-corrected chi connectivity index (χ1v) is 11.6. The summed E-state index contributed by atoms with van der Waals surface area (Å²) < 4.78 is 36.8. The molecule has 0 fully saturated rings. The van der Waals surface area contributed by atoms with E-state index in [1.807, 2.05) is 37.3 Å². The average Bonchev–Trinajstić information content (AvgIpc) is 2.70. The molecule has 164 valence electrons. The van der Waals surface area contributed by atoms with Crippen molar-refractivity contribution in [1.29, 1.82) is 0 Å². The second-order valence-corrected chi connectivity index (χ2v) is 8.98. The van der Waals surface area contributed by atoms with Crippen molar-refractivity contribution in [3.05, 3.63) is 53.6 Å². The summed E-state index contributed by atoms with van der Waals surface area (Å²) in [6.45, 7) is 3.84. The lowest BCUT2D eigenvalue weighted by molar-refractivity contribution is -0.121. The first-order valence-electron chi connectivity index (χ1n) is 9.72. The number of carbonyl (C=O) groups is 1. The number of hydrogen-bond acceptors (Lipinski definition) is 5. The minimum Gasteiger partial charge on any atom is -0.496 e. The third-order valence-electron chi connectivity index (χ3n) is 4.77. The van der Waals surface area contributed by atoms with Gasteiger partial charge in [0.2, 0.25) is 15.9 Å². The van der Waals surface area contributed by atoms with Crippen LogP contribution in [0.3, 0.4) is 0 Å². The maximum atomic E-state index is 12.7. The van der Waals surface area contributed by atoms with Crippen molar-refractivity contribution in [2.24, 2.45) is 0 Å². The molecule has 0 saturated heterocycles. The van der Waals surface area contributed by atoms with Crippen LogP contribution in [0.1, 0.15) is 24.5 Å². The number of amides is 1. The molecule has 2 aromatic rings. The zero-order chi connectivity index (χ0) is 22.3. The number of nitrogens with zero attached hydrogens (tertiary/aromatic N) is 1. The maximum absolute atomic E-state index is 12.7. The van der Waals surface area contributed by atoms with Crippen molar-refractivity contribution < 1.29 is 22.7 Å². The molecule has 0 unspecified atom stereocenters. The number of aryl methyl sites for hydroxylation is 2. The number of methoxy groups -OCH3 is 2. The predicted octanol–water partition coefficient (Wildman–Crippen LogP) is 2.92. The highest BCUT2D eigenvalue weighted by Gasteiger charge is 2.31. The molecule has 1 amide bonds. The summed E-state index contributed by atoms with van der Waals surface area (Å²) in [5.41, 5.74) is 2.27. The number of hydrogen-bond donors (Lipinski definition) is 1. The number of ether oxygens (including phenoxy) is 2. The van der Waals surface area contributed by atoms with Crippen LogP contribution in [0.15, 0.2) is 42.5 Å². The van der Waals surface area contributed by atoms with Crippen LogP contribution in [0.2, 0.25) is 0 Å². The summed E-state index contributed by atoms with van der Waals surface area (Å²) in [5, 5.41) is 2.84. The monoisotopic (exact) mass is 434 g/mol. The van der Waals surface area contributed by atoms with E-state index in [1.165, 1.54) is 7.11 Å². The third-order valence-corrected chi connectivity index (χ3v) is 6.00. The van der Waals surface area contributed by atoms with Crippen LogP contribution in [0, 0.1) is 6.92 Å². The lowest BCUT2D eigenvalue weighted by Gasteiger charge is -2.29. The minimum absolute atomic E-state index is 0.344. The SMILES string of the molecule is COc1ccccc1CCCNC(=O)[C@H](C)N(c1cc(C)ccc1OC)S(C)(=O)=O. The van der Waals surface area contributed by atoms with E-state index in [0.717, 1.165) is 33.9 Å². The van der Waals surface area contributed by atoms with Crippen molar-refractivity contribution in [2.75, 3.05) is 31.3 Å². The number of anilines is 1. The molecule has 0 radical (unpaired) electrons. The zero-order valence-corrected chi connectivity index (χ0v) is 19.0. The summed E-state index contributed by atoms with van der Waals surface area (Å²) in [7, 11) is -0.622. The molecule has 0 aliphatic rings. The van der Waals surface area contributed by atoms with E-state index in [-0.39, 0.29) is 5.91 Å². The van der Waals surface area contributed by atoms with Gasteiger partial charge in [0.15, 0.2) is 0 Å². The molecule has 8 heteroatoms. The van der Waals surface area contributed by atoms with E-state index < -0.39 is 16.1 Å². The number of sulfonamides is 1. The molecule has 0 aliphatic heterocycles. The standard InChI is InChI=1S/C22H30N2O5S/c1-16-12-13-21(29-4)19(15-16)24(30(5,26)27)17(2)22(25)23-14-8-10-18-9-6-7-11-20(18)28-3/h6-7,9,11-13,15,17H,8,10,14H2,1-5H3,(H,23,25)/t17-/m0/s1. The summed E-state index contributed by atoms with van der Waals surface area (Å²) in [5.74, 6) is 0.831. The first kappa shape index (κ1) is 23.5. The zero-order valence-electron chi connectivity index (χ0n) is 18.1. The fourth-order valence-corrected chi connectivity index (χ4v) is 4.47. The van der Waals surface area contributed by atoms with Gasteiger partial charge in [-0.1, -0.05) is 24.3 Å². The fourth-order valence-electron chi connectivity index (χ4n) is 3.30. The highest BCUT2D eigenvalue weighted by molar-refractivity contribution is 7.92. The number of nitrogens with one attached hydrogen (secondary N) is 1. The molecule has 2 rings (SSSR count). The van der Waals surface area contributed by atoms with E-state index in [1.54, 1.807) is 26.2 Å². The van der Waals surface area contributed by atoms with Gasteiger partial charge in [0, 0.05) is 6.54 Å². The molecule has 0 saturated carbocycles. The predicted molar refractivity (Wildman–Crippen MR) is 119 cm³/mol. The Hall–Kier alpha value is -2.74. The summed E-state index contributed by atoms with van der Waals surface area (Å²) in [6, 6.07) is 12.0. The van der Waals surface area contributed by atoms with Crippen molar-refractivity contribution in [3.63, 3.8) is 0 Å². The average molecular weight is 435 g/mol.